The van der Waals surface area contributed by atoms with Crippen LogP contribution in [0.25, 0.3) is 0 Å². The Morgan fingerprint density at radius 2 is 2.05 bits per heavy atom. The number of rotatable bonds is 2. The monoisotopic (exact) mass is 304 g/mol. The highest BCUT2D eigenvalue weighted by Gasteiger charge is 2.32. The molecule has 2 N–H and O–H groups in total. The number of piperidine rings is 1. The summed E-state index contributed by atoms with van der Waals surface area (Å²) in [5.74, 6) is -1.78. The number of nitrogens with one attached hydrogen (secondary N) is 2. The lowest BCUT2D eigenvalue weighted by Gasteiger charge is -2.28. The summed E-state index contributed by atoms with van der Waals surface area (Å²) in [5.41, 5.74) is -1.62. The van der Waals surface area contributed by atoms with Crippen LogP contribution in [0.1, 0.15) is 35.7 Å². The molecule has 2 atom stereocenters. The summed E-state index contributed by atoms with van der Waals surface area (Å²) in [7, 11) is 0. The van der Waals surface area contributed by atoms with Gasteiger partial charge in [0, 0.05) is 18.6 Å². The van der Waals surface area contributed by atoms with Crippen LogP contribution in [0.15, 0.2) is 18.2 Å². The van der Waals surface area contributed by atoms with E-state index in [1.807, 2.05) is 6.92 Å². The summed E-state index contributed by atoms with van der Waals surface area (Å²) in [6.45, 7) is 2.53. The molecule has 1 heterocycles. The van der Waals surface area contributed by atoms with Gasteiger partial charge in [0.25, 0.3) is 5.91 Å². The van der Waals surface area contributed by atoms with E-state index in [9.17, 15) is 22.4 Å². The summed E-state index contributed by atoms with van der Waals surface area (Å²) in [4.78, 5) is 11.9. The van der Waals surface area contributed by atoms with Crippen LogP contribution in [0.3, 0.4) is 0 Å². The van der Waals surface area contributed by atoms with Crippen molar-refractivity contribution in [3.8, 4) is 0 Å². The van der Waals surface area contributed by atoms with E-state index in [1.165, 1.54) is 0 Å². The summed E-state index contributed by atoms with van der Waals surface area (Å²) >= 11 is 0. The second-order valence-electron chi connectivity index (χ2n) is 5.25. The Morgan fingerprint density at radius 3 is 2.62 bits per heavy atom. The van der Waals surface area contributed by atoms with Crippen LogP contribution < -0.4 is 10.6 Å². The van der Waals surface area contributed by atoms with Crippen molar-refractivity contribution in [2.75, 3.05) is 6.54 Å². The number of halogens is 4. The molecule has 2 unspecified atom stereocenters. The molecular weight excluding hydrogens is 288 g/mol. The number of carbonyl (C=O) groups is 1. The second kappa shape index (κ2) is 6.01. The topological polar surface area (TPSA) is 41.1 Å². The zero-order chi connectivity index (χ0) is 15.6. The van der Waals surface area contributed by atoms with Crippen LogP contribution in [-0.2, 0) is 6.18 Å². The maximum atomic E-state index is 13.6. The van der Waals surface area contributed by atoms with Crippen molar-refractivity contribution in [3.05, 3.63) is 35.1 Å². The molecule has 1 amide bonds. The molecule has 21 heavy (non-hydrogen) atoms. The van der Waals surface area contributed by atoms with E-state index in [-0.39, 0.29) is 6.04 Å². The van der Waals surface area contributed by atoms with Crippen LogP contribution in [0.4, 0.5) is 17.6 Å². The Labute approximate surface area is 119 Å². The van der Waals surface area contributed by atoms with Gasteiger partial charge in [-0.2, -0.15) is 13.2 Å². The van der Waals surface area contributed by atoms with Gasteiger partial charge in [-0.15, -0.1) is 0 Å². The second-order valence-corrected chi connectivity index (χ2v) is 5.25. The van der Waals surface area contributed by atoms with Gasteiger partial charge in [-0.1, -0.05) is 0 Å². The van der Waals surface area contributed by atoms with E-state index >= 15 is 0 Å². The quantitative estimate of drug-likeness (QED) is 0.825. The Balaban J connectivity index is 2.11. The van der Waals surface area contributed by atoms with E-state index in [0.717, 1.165) is 6.42 Å². The predicted octanol–water partition coefficient (Wildman–Crippen LogP) is 2.71. The number of alkyl halides is 3. The molecule has 3 nitrogen and oxygen atoms in total. The van der Waals surface area contributed by atoms with Crippen molar-refractivity contribution in [3.63, 3.8) is 0 Å². The Kier molecular flexibility index (Phi) is 4.51. The van der Waals surface area contributed by atoms with Gasteiger partial charge in [0.05, 0.1) is 11.1 Å². The van der Waals surface area contributed by atoms with E-state index in [0.29, 0.717) is 37.2 Å². The van der Waals surface area contributed by atoms with Crippen molar-refractivity contribution in [2.24, 2.45) is 0 Å². The molecule has 0 spiro atoms. The predicted molar refractivity (Wildman–Crippen MR) is 69.4 cm³/mol. The van der Waals surface area contributed by atoms with Crippen molar-refractivity contribution in [1.29, 1.82) is 0 Å². The summed E-state index contributed by atoms with van der Waals surface area (Å²) in [6, 6.07) is 1.96. The minimum atomic E-state index is -4.61. The lowest BCUT2D eigenvalue weighted by atomic mass is 10.0. The van der Waals surface area contributed by atoms with Gasteiger partial charge >= 0.3 is 6.18 Å². The zero-order valence-corrected chi connectivity index (χ0v) is 11.4. The average molecular weight is 304 g/mol. The van der Waals surface area contributed by atoms with Gasteiger partial charge in [-0.05, 0) is 38.0 Å². The Hall–Kier alpha value is -1.63. The van der Waals surface area contributed by atoms with Crippen LogP contribution >= 0.6 is 0 Å². The first-order chi connectivity index (χ1) is 9.77. The molecule has 7 heteroatoms. The minimum Gasteiger partial charge on any atom is -0.348 e. The van der Waals surface area contributed by atoms with Crippen molar-refractivity contribution >= 4 is 5.91 Å². The zero-order valence-electron chi connectivity index (χ0n) is 11.4. The largest absolute Gasteiger partial charge is 0.416 e. The minimum absolute atomic E-state index is 0.206. The van der Waals surface area contributed by atoms with E-state index in [4.69, 9.17) is 0 Å². The molecule has 1 aromatic rings. The van der Waals surface area contributed by atoms with E-state index in [2.05, 4.69) is 10.6 Å². The van der Waals surface area contributed by atoms with Crippen molar-refractivity contribution < 1.29 is 22.4 Å². The first-order valence-electron chi connectivity index (χ1n) is 6.68. The summed E-state index contributed by atoms with van der Waals surface area (Å²) in [6.07, 6.45) is -3.05. The van der Waals surface area contributed by atoms with Gasteiger partial charge in [0.15, 0.2) is 0 Å². The van der Waals surface area contributed by atoms with Crippen LogP contribution in [0.5, 0.6) is 0 Å². The Morgan fingerprint density at radius 1 is 1.33 bits per heavy atom. The molecule has 1 aliphatic heterocycles. The van der Waals surface area contributed by atoms with Gasteiger partial charge in [-0.3, -0.25) is 4.79 Å². The number of amides is 1. The maximum absolute atomic E-state index is 13.6. The van der Waals surface area contributed by atoms with Crippen LogP contribution in [0, 0.1) is 5.82 Å². The first kappa shape index (κ1) is 15.8. The molecule has 116 valence electrons. The fourth-order valence-electron chi connectivity index (χ4n) is 2.26. The average Bonchev–Trinajstić information content (AvgIpc) is 2.40. The normalized spacial score (nSPS) is 22.9. The molecule has 1 aromatic carbocycles. The highest BCUT2D eigenvalue weighted by molar-refractivity contribution is 5.94. The molecular formula is C14H16F4N2O. The van der Waals surface area contributed by atoms with Crippen LogP contribution in [-0.4, -0.2) is 24.5 Å². The molecule has 1 aliphatic rings. The molecule has 1 saturated heterocycles. The first-order valence-corrected chi connectivity index (χ1v) is 6.68. The summed E-state index contributed by atoms with van der Waals surface area (Å²) < 4.78 is 51.4. The number of carbonyl (C=O) groups excluding carboxylic acids is 1. The summed E-state index contributed by atoms with van der Waals surface area (Å²) in [5, 5.41) is 5.72. The highest BCUT2D eigenvalue weighted by atomic mass is 19.4. The molecule has 0 saturated carbocycles. The molecule has 0 bridgehead atoms. The highest BCUT2D eigenvalue weighted by Crippen LogP contribution is 2.30. The fraction of sp³-hybridized carbons (Fsp3) is 0.500. The third-order valence-corrected chi connectivity index (χ3v) is 3.53. The fourth-order valence-corrected chi connectivity index (χ4v) is 2.26. The van der Waals surface area contributed by atoms with Gasteiger partial charge in [-0.25, -0.2) is 4.39 Å². The third-order valence-electron chi connectivity index (χ3n) is 3.53. The number of benzene rings is 1. The third kappa shape index (κ3) is 3.93. The van der Waals surface area contributed by atoms with Crippen LogP contribution in [0.2, 0.25) is 0 Å². The van der Waals surface area contributed by atoms with Crippen molar-refractivity contribution in [2.45, 2.75) is 38.0 Å². The standard InChI is InChI=1S/C14H16F4N2O/c1-8-2-4-10(7-19-8)20-13(21)11-6-9(14(16,17)18)3-5-12(11)15/h3,5-6,8,10,19H,2,4,7H2,1H3,(H,20,21). The Bertz CT molecular complexity index is 522. The molecule has 2 rings (SSSR count). The lowest BCUT2D eigenvalue weighted by molar-refractivity contribution is -0.137. The van der Waals surface area contributed by atoms with Gasteiger partial charge < -0.3 is 10.6 Å². The smallest absolute Gasteiger partial charge is 0.348 e. The molecule has 0 aromatic heterocycles. The van der Waals surface area contributed by atoms with E-state index in [1.54, 1.807) is 0 Å². The van der Waals surface area contributed by atoms with Gasteiger partial charge in [0.2, 0.25) is 0 Å². The van der Waals surface area contributed by atoms with E-state index < -0.39 is 29.0 Å². The number of hydrogen-bond donors (Lipinski definition) is 2. The molecule has 0 aliphatic carbocycles. The molecule has 1 fully saturated rings. The molecule has 0 radical (unpaired) electrons. The maximum Gasteiger partial charge on any atom is 0.416 e. The lowest BCUT2D eigenvalue weighted by Crippen LogP contribution is -2.48. The number of hydrogen-bond acceptors (Lipinski definition) is 2. The van der Waals surface area contributed by atoms with Crippen molar-refractivity contribution in [1.82, 2.24) is 10.6 Å². The SMILES string of the molecule is CC1CCC(NC(=O)c2cc(C(F)(F)F)ccc2F)CN1. The van der Waals surface area contributed by atoms with Gasteiger partial charge in [0.1, 0.15) is 5.82 Å².